The van der Waals surface area contributed by atoms with Crippen LogP contribution in [0.2, 0.25) is 5.02 Å². The summed E-state index contributed by atoms with van der Waals surface area (Å²) in [4.78, 5) is 27.7. The lowest BCUT2D eigenvalue weighted by Gasteiger charge is -2.17. The lowest BCUT2D eigenvalue weighted by Crippen LogP contribution is -2.27. The van der Waals surface area contributed by atoms with E-state index >= 15 is 0 Å². The molecule has 2 N–H and O–H groups in total. The van der Waals surface area contributed by atoms with E-state index in [-0.39, 0.29) is 28.9 Å². The molecule has 2 heterocycles. The van der Waals surface area contributed by atoms with Gasteiger partial charge in [-0.3, -0.25) is 14.7 Å². The number of rotatable bonds is 4. The fourth-order valence-electron chi connectivity index (χ4n) is 2.42. The first-order chi connectivity index (χ1) is 12.0. The molecule has 3 aromatic rings. The molecule has 8 heteroatoms. The molecular weight excluding hydrogens is 347 g/mol. The highest BCUT2D eigenvalue weighted by Crippen LogP contribution is 2.22. The average molecular weight is 361 g/mol. The molecule has 0 saturated carbocycles. The van der Waals surface area contributed by atoms with E-state index in [2.05, 4.69) is 15.2 Å². The molecule has 0 radical (unpaired) electrons. The molecule has 0 fully saturated rings. The summed E-state index contributed by atoms with van der Waals surface area (Å²) in [6.07, 6.45) is 2.94. The summed E-state index contributed by atoms with van der Waals surface area (Å²) in [6.45, 7) is 0.277. The standard InChI is InChI=1S/C17H14ClFN4O2/c1-23(17(25)11-6-14(18)16(24)20-7-11)9-12-8-21-22-15(12)10-2-4-13(19)5-3-10/h2-8H,9H2,1H3,(H,20,24)(H,21,22). The van der Waals surface area contributed by atoms with Gasteiger partial charge in [-0.1, -0.05) is 11.6 Å². The second-order valence-electron chi connectivity index (χ2n) is 5.50. The van der Waals surface area contributed by atoms with Crippen LogP contribution >= 0.6 is 11.6 Å². The number of halogens is 2. The normalized spacial score (nSPS) is 10.7. The Balaban J connectivity index is 1.81. The predicted octanol–water partition coefficient (Wildman–Crippen LogP) is 2.83. The number of benzene rings is 1. The van der Waals surface area contributed by atoms with Crippen LogP contribution in [0.5, 0.6) is 0 Å². The number of hydrogen-bond donors (Lipinski definition) is 2. The van der Waals surface area contributed by atoms with Crippen LogP contribution in [0.15, 0.2) is 47.5 Å². The number of carbonyl (C=O) groups excluding carboxylic acids is 1. The maximum Gasteiger partial charge on any atom is 0.266 e. The van der Waals surface area contributed by atoms with Crippen LogP contribution in [0.25, 0.3) is 11.3 Å². The smallest absolute Gasteiger partial charge is 0.266 e. The number of carbonyl (C=O) groups is 1. The minimum absolute atomic E-state index is 0.0467. The molecule has 1 amide bonds. The molecule has 6 nitrogen and oxygen atoms in total. The minimum Gasteiger partial charge on any atom is -0.337 e. The third kappa shape index (κ3) is 3.61. The van der Waals surface area contributed by atoms with Crippen molar-refractivity contribution in [3.63, 3.8) is 0 Å². The first-order valence-corrected chi connectivity index (χ1v) is 7.75. The van der Waals surface area contributed by atoms with Gasteiger partial charge in [-0.2, -0.15) is 5.10 Å². The van der Waals surface area contributed by atoms with Crippen molar-refractivity contribution < 1.29 is 9.18 Å². The van der Waals surface area contributed by atoms with Gasteiger partial charge in [0.1, 0.15) is 10.8 Å². The Hall–Kier alpha value is -2.93. The second-order valence-corrected chi connectivity index (χ2v) is 5.91. The van der Waals surface area contributed by atoms with E-state index in [1.54, 1.807) is 25.4 Å². The van der Waals surface area contributed by atoms with Gasteiger partial charge in [-0.05, 0) is 30.3 Å². The topological polar surface area (TPSA) is 81.8 Å². The molecule has 0 spiro atoms. The quantitative estimate of drug-likeness (QED) is 0.750. The third-order valence-corrected chi connectivity index (χ3v) is 3.99. The Morgan fingerprint density at radius 1 is 1.32 bits per heavy atom. The van der Waals surface area contributed by atoms with E-state index in [4.69, 9.17) is 11.6 Å². The van der Waals surface area contributed by atoms with Crippen molar-refractivity contribution in [1.29, 1.82) is 0 Å². The highest BCUT2D eigenvalue weighted by molar-refractivity contribution is 6.30. The zero-order valence-corrected chi connectivity index (χ0v) is 14.0. The number of nitrogens with one attached hydrogen (secondary N) is 2. The van der Waals surface area contributed by atoms with E-state index in [0.717, 1.165) is 11.1 Å². The minimum atomic E-state index is -0.450. The average Bonchev–Trinajstić information content (AvgIpc) is 3.05. The molecule has 0 saturated heterocycles. The van der Waals surface area contributed by atoms with Crippen molar-refractivity contribution in [1.82, 2.24) is 20.1 Å². The SMILES string of the molecule is CN(Cc1cn[nH]c1-c1ccc(F)cc1)C(=O)c1c[nH]c(=O)c(Cl)c1. The van der Waals surface area contributed by atoms with Crippen molar-refractivity contribution in [2.24, 2.45) is 0 Å². The van der Waals surface area contributed by atoms with E-state index in [0.29, 0.717) is 5.69 Å². The molecule has 0 atom stereocenters. The summed E-state index contributed by atoms with van der Waals surface area (Å²) in [5.74, 6) is -0.628. The van der Waals surface area contributed by atoms with E-state index < -0.39 is 5.56 Å². The van der Waals surface area contributed by atoms with Crippen molar-refractivity contribution >= 4 is 17.5 Å². The Labute approximate surface area is 147 Å². The molecule has 0 aliphatic heterocycles. The second kappa shape index (κ2) is 6.90. The van der Waals surface area contributed by atoms with E-state index in [1.165, 1.54) is 29.3 Å². The van der Waals surface area contributed by atoms with Crippen LogP contribution in [0.4, 0.5) is 4.39 Å². The van der Waals surface area contributed by atoms with Crippen LogP contribution < -0.4 is 5.56 Å². The van der Waals surface area contributed by atoms with Crippen LogP contribution in [0, 0.1) is 5.82 Å². The number of nitrogens with zero attached hydrogens (tertiary/aromatic N) is 2. The van der Waals surface area contributed by atoms with Gasteiger partial charge in [-0.15, -0.1) is 0 Å². The van der Waals surface area contributed by atoms with Crippen LogP contribution in [0.3, 0.4) is 0 Å². The molecule has 0 aliphatic carbocycles. The first-order valence-electron chi connectivity index (χ1n) is 7.37. The van der Waals surface area contributed by atoms with Crippen LogP contribution in [-0.2, 0) is 6.54 Å². The number of aromatic amines is 2. The van der Waals surface area contributed by atoms with Gasteiger partial charge in [0.05, 0.1) is 17.5 Å². The zero-order valence-electron chi connectivity index (χ0n) is 13.2. The molecule has 25 heavy (non-hydrogen) atoms. The lowest BCUT2D eigenvalue weighted by molar-refractivity contribution is 0.0785. The maximum atomic E-state index is 13.1. The van der Waals surface area contributed by atoms with Gasteiger partial charge in [0.15, 0.2) is 0 Å². The van der Waals surface area contributed by atoms with Gasteiger partial charge in [0.25, 0.3) is 11.5 Å². The zero-order chi connectivity index (χ0) is 18.0. The predicted molar refractivity (Wildman–Crippen MR) is 91.9 cm³/mol. The summed E-state index contributed by atoms with van der Waals surface area (Å²) in [6, 6.07) is 7.31. The molecule has 1 aromatic carbocycles. The molecular formula is C17H14ClFN4O2. The number of hydrogen-bond acceptors (Lipinski definition) is 3. The van der Waals surface area contributed by atoms with Gasteiger partial charge in [-0.25, -0.2) is 4.39 Å². The number of amides is 1. The number of aromatic nitrogens is 3. The Kier molecular flexibility index (Phi) is 4.67. The molecule has 3 rings (SSSR count). The van der Waals surface area contributed by atoms with Crippen LogP contribution in [-0.4, -0.2) is 33.0 Å². The molecule has 128 valence electrons. The molecule has 0 unspecified atom stereocenters. The van der Waals surface area contributed by atoms with Gasteiger partial charge in [0, 0.05) is 30.9 Å². The molecule has 2 aromatic heterocycles. The fourth-order valence-corrected chi connectivity index (χ4v) is 2.60. The van der Waals surface area contributed by atoms with Crippen LogP contribution in [0.1, 0.15) is 15.9 Å². The van der Waals surface area contributed by atoms with Crippen molar-refractivity contribution in [2.75, 3.05) is 7.05 Å². The monoisotopic (exact) mass is 360 g/mol. The summed E-state index contributed by atoms with van der Waals surface area (Å²) in [5, 5.41) is 6.82. The van der Waals surface area contributed by atoms with Gasteiger partial charge in [0.2, 0.25) is 0 Å². The van der Waals surface area contributed by atoms with Crippen molar-refractivity contribution in [2.45, 2.75) is 6.54 Å². The lowest BCUT2D eigenvalue weighted by atomic mass is 10.1. The van der Waals surface area contributed by atoms with Gasteiger partial charge >= 0.3 is 0 Å². The van der Waals surface area contributed by atoms with Gasteiger partial charge < -0.3 is 9.88 Å². The fraction of sp³-hybridized carbons (Fsp3) is 0.118. The van der Waals surface area contributed by atoms with E-state index in [9.17, 15) is 14.0 Å². The summed E-state index contributed by atoms with van der Waals surface area (Å²) < 4.78 is 13.1. The van der Waals surface area contributed by atoms with Crippen molar-refractivity contribution in [3.05, 3.63) is 75.0 Å². The summed E-state index contributed by atoms with van der Waals surface area (Å²) in [5.41, 5.74) is 2.08. The summed E-state index contributed by atoms with van der Waals surface area (Å²) in [7, 11) is 1.63. The van der Waals surface area contributed by atoms with E-state index in [1.807, 2.05) is 0 Å². The first kappa shape index (κ1) is 16.9. The number of pyridine rings is 1. The molecule has 0 bridgehead atoms. The Morgan fingerprint density at radius 3 is 2.72 bits per heavy atom. The Morgan fingerprint density at radius 2 is 2.04 bits per heavy atom. The number of H-pyrrole nitrogens is 2. The highest BCUT2D eigenvalue weighted by atomic mass is 35.5. The molecule has 0 aliphatic rings. The third-order valence-electron chi connectivity index (χ3n) is 3.71. The largest absolute Gasteiger partial charge is 0.337 e. The maximum absolute atomic E-state index is 13.1. The van der Waals surface area contributed by atoms with Crippen molar-refractivity contribution in [3.8, 4) is 11.3 Å². The summed E-state index contributed by atoms with van der Waals surface area (Å²) >= 11 is 5.76. The highest BCUT2D eigenvalue weighted by Gasteiger charge is 2.16. The Bertz CT molecular complexity index is 965.